The molecule has 6 heteroatoms. The van der Waals surface area contributed by atoms with Gasteiger partial charge in [0.25, 0.3) is 0 Å². The molecule has 0 heterocycles. The number of fused-ring (bicyclic) bond motifs is 1. The second-order valence-corrected chi connectivity index (χ2v) is 29.8. The van der Waals surface area contributed by atoms with E-state index in [1.54, 1.807) is 0 Å². The molecular formula is C47H74O4Si2. The Bertz CT molecular complexity index is 1540. The number of carbonyl (C=O) groups excluding carboxylic acids is 1. The Hall–Kier alpha value is -2.10. The van der Waals surface area contributed by atoms with E-state index >= 15 is 0 Å². The fraction of sp³-hybridized carbons (Fsp3) is 0.723. The molecule has 294 valence electrons. The second kappa shape index (κ2) is 17.4. The van der Waals surface area contributed by atoms with Gasteiger partial charge in [-0.2, -0.15) is 0 Å². The van der Waals surface area contributed by atoms with Crippen molar-refractivity contribution in [3.8, 4) is 23.7 Å². The smallest absolute Gasteiger partial charge is 0.330 e. The molecule has 53 heavy (non-hydrogen) atoms. The molecule has 3 fully saturated rings. The molecule has 3 saturated carbocycles. The minimum Gasteiger partial charge on any atom is -0.459 e. The lowest BCUT2D eigenvalue weighted by Crippen LogP contribution is -2.45. The number of allylic oxidation sites excluding steroid dienone is 1. The van der Waals surface area contributed by atoms with Crippen LogP contribution in [0.15, 0.2) is 42.0 Å². The Kier molecular flexibility index (Phi) is 14.3. The van der Waals surface area contributed by atoms with Crippen molar-refractivity contribution in [3.63, 3.8) is 0 Å². The average molecular weight is 759 g/mol. The van der Waals surface area contributed by atoms with Gasteiger partial charge in [-0.05, 0) is 97.6 Å². The number of benzene rings is 1. The number of hydrogen-bond donors (Lipinski definition) is 0. The van der Waals surface area contributed by atoms with E-state index in [1.165, 1.54) is 17.6 Å². The lowest BCUT2D eigenvalue weighted by molar-refractivity contribution is -0.149. The first-order valence-corrected chi connectivity index (χ1v) is 26.7. The van der Waals surface area contributed by atoms with E-state index in [4.69, 9.17) is 13.6 Å². The minimum atomic E-state index is -2.08. The van der Waals surface area contributed by atoms with Gasteiger partial charge in [-0.15, -0.1) is 11.8 Å². The highest BCUT2D eigenvalue weighted by molar-refractivity contribution is 6.74. The van der Waals surface area contributed by atoms with Gasteiger partial charge >= 0.3 is 5.97 Å². The van der Waals surface area contributed by atoms with Crippen LogP contribution in [-0.2, 0) is 23.8 Å². The van der Waals surface area contributed by atoms with E-state index in [1.807, 2.05) is 6.08 Å². The van der Waals surface area contributed by atoms with Crippen LogP contribution in [0.2, 0.25) is 36.3 Å². The predicted octanol–water partition coefficient (Wildman–Crippen LogP) is 12.3. The Morgan fingerprint density at radius 1 is 0.887 bits per heavy atom. The quantitative estimate of drug-likeness (QED) is 0.103. The van der Waals surface area contributed by atoms with Crippen molar-refractivity contribution in [1.82, 2.24) is 0 Å². The maximum atomic E-state index is 13.7. The van der Waals surface area contributed by atoms with E-state index in [0.717, 1.165) is 51.4 Å². The summed E-state index contributed by atoms with van der Waals surface area (Å²) >= 11 is 0. The van der Waals surface area contributed by atoms with Crippen molar-refractivity contribution in [1.29, 1.82) is 0 Å². The van der Waals surface area contributed by atoms with Crippen molar-refractivity contribution in [2.75, 3.05) is 0 Å². The zero-order valence-corrected chi connectivity index (χ0v) is 38.1. The average Bonchev–Trinajstić information content (AvgIpc) is 3.58. The first kappa shape index (κ1) is 43.6. The molecule has 0 aliphatic heterocycles. The molecule has 0 unspecified atom stereocenters. The standard InChI is InChI=1S/C47H74O4Si2/c1-15-16-18-23-34(2)41(50-52(11,12)45(3,4)5)29-28-38-39-31-35(30-36(39)33-43(38)51-53(13,14)46(6,7)8)32-44(48)49-42-27-22-21-26-40(42)47(9,10)37-24-19-17-20-25-37/h17,19-20,24-25,32,34,36,38-43H,15,21-23,26-27,30-31,33H2,1-14H3/b35-32-/t34-,36-,38+,39-,40-,41+,42-,43+/m0/s1. The van der Waals surface area contributed by atoms with Crippen LogP contribution in [0.5, 0.6) is 0 Å². The van der Waals surface area contributed by atoms with Crippen LogP contribution in [0.3, 0.4) is 0 Å². The van der Waals surface area contributed by atoms with Crippen molar-refractivity contribution >= 4 is 22.6 Å². The summed E-state index contributed by atoms with van der Waals surface area (Å²) < 4.78 is 20.6. The van der Waals surface area contributed by atoms with Crippen LogP contribution in [-0.4, -0.2) is 40.9 Å². The molecule has 3 aliphatic rings. The highest BCUT2D eigenvalue weighted by atomic mass is 28.4. The lowest BCUT2D eigenvalue weighted by atomic mass is 9.66. The first-order chi connectivity index (χ1) is 24.6. The predicted molar refractivity (Wildman–Crippen MR) is 227 cm³/mol. The van der Waals surface area contributed by atoms with Gasteiger partial charge in [0.2, 0.25) is 0 Å². The van der Waals surface area contributed by atoms with Crippen molar-refractivity contribution in [3.05, 3.63) is 47.5 Å². The van der Waals surface area contributed by atoms with Crippen LogP contribution in [0, 0.1) is 53.3 Å². The molecule has 0 amide bonds. The highest BCUT2D eigenvalue weighted by Crippen LogP contribution is 2.53. The first-order valence-electron chi connectivity index (χ1n) is 20.9. The molecule has 0 spiro atoms. The van der Waals surface area contributed by atoms with Gasteiger partial charge in [0.15, 0.2) is 16.6 Å². The normalized spacial score (nSPS) is 27.2. The van der Waals surface area contributed by atoms with Crippen LogP contribution >= 0.6 is 0 Å². The zero-order valence-electron chi connectivity index (χ0n) is 36.1. The second-order valence-electron chi connectivity index (χ2n) is 20.2. The topological polar surface area (TPSA) is 44.8 Å². The van der Waals surface area contributed by atoms with Crippen LogP contribution in [0.1, 0.15) is 133 Å². The molecular weight excluding hydrogens is 685 g/mol. The molecule has 1 aromatic carbocycles. The van der Waals surface area contributed by atoms with Gasteiger partial charge in [-0.1, -0.05) is 123 Å². The number of rotatable bonds is 10. The van der Waals surface area contributed by atoms with Crippen molar-refractivity contribution < 1.29 is 18.4 Å². The third-order valence-corrected chi connectivity index (χ3v) is 22.8. The summed E-state index contributed by atoms with van der Waals surface area (Å²) in [7, 11) is -4.12. The van der Waals surface area contributed by atoms with E-state index < -0.39 is 16.6 Å². The SMILES string of the molecule is CCC#CC[C@H](C)[C@@H](C#C[C@@H]1[C@H]2C/C(=C\C(=O)O[C@H]3CCCC[C@@H]3C(C)(C)c3ccccc3)C[C@H]2C[C@H]1O[Si](C)(C)C(C)(C)C)O[Si](C)(C)C(C)(C)C. The number of carbonyl (C=O) groups is 1. The maximum Gasteiger partial charge on any atom is 0.330 e. The number of hydrogen-bond acceptors (Lipinski definition) is 4. The van der Waals surface area contributed by atoms with Crippen LogP contribution in [0.25, 0.3) is 0 Å². The molecule has 0 N–H and O–H groups in total. The van der Waals surface area contributed by atoms with E-state index in [2.05, 4.69) is 149 Å². The Morgan fingerprint density at radius 3 is 2.15 bits per heavy atom. The molecule has 0 aromatic heterocycles. The zero-order chi connectivity index (χ0) is 39.4. The molecule has 8 atom stereocenters. The molecule has 3 aliphatic carbocycles. The number of esters is 1. The summed E-state index contributed by atoms with van der Waals surface area (Å²) in [5.74, 6) is 15.5. The largest absolute Gasteiger partial charge is 0.459 e. The molecule has 0 radical (unpaired) electrons. The van der Waals surface area contributed by atoms with Crippen molar-refractivity contribution in [2.24, 2.45) is 29.6 Å². The monoisotopic (exact) mass is 759 g/mol. The Morgan fingerprint density at radius 2 is 1.53 bits per heavy atom. The Balaban J connectivity index is 1.59. The Labute approximate surface area is 327 Å². The lowest BCUT2D eigenvalue weighted by Gasteiger charge is -2.42. The highest BCUT2D eigenvalue weighted by Gasteiger charge is 2.51. The fourth-order valence-electron chi connectivity index (χ4n) is 8.36. The summed E-state index contributed by atoms with van der Waals surface area (Å²) in [6, 6.07) is 10.7. The van der Waals surface area contributed by atoms with Gasteiger partial charge in [0, 0.05) is 36.7 Å². The molecule has 4 rings (SSSR count). The summed E-state index contributed by atoms with van der Waals surface area (Å²) in [6.45, 7) is 32.2. The van der Waals surface area contributed by atoms with Crippen molar-refractivity contribution in [2.45, 2.75) is 187 Å². The summed E-state index contributed by atoms with van der Waals surface area (Å²) in [5.41, 5.74) is 2.47. The third-order valence-electron chi connectivity index (χ3n) is 13.9. The van der Waals surface area contributed by atoms with E-state index in [-0.39, 0.29) is 51.6 Å². The van der Waals surface area contributed by atoms with E-state index in [0.29, 0.717) is 17.8 Å². The van der Waals surface area contributed by atoms with Gasteiger partial charge in [0.05, 0.1) is 6.10 Å². The summed E-state index contributed by atoms with van der Waals surface area (Å²) in [6.07, 6.45) is 10.5. The fourth-order valence-corrected chi connectivity index (χ4v) is 11.0. The van der Waals surface area contributed by atoms with Crippen LogP contribution < -0.4 is 0 Å². The molecule has 4 nitrogen and oxygen atoms in total. The summed E-state index contributed by atoms with van der Waals surface area (Å²) in [4.78, 5) is 13.7. The van der Waals surface area contributed by atoms with Gasteiger partial charge in [-0.3, -0.25) is 0 Å². The molecule has 0 saturated heterocycles. The summed E-state index contributed by atoms with van der Waals surface area (Å²) in [5, 5.41) is 0.201. The van der Waals surface area contributed by atoms with Crippen LogP contribution in [0.4, 0.5) is 0 Å². The number of ether oxygens (including phenoxy) is 1. The maximum absolute atomic E-state index is 13.7. The third kappa shape index (κ3) is 10.8. The molecule has 1 aromatic rings. The van der Waals surface area contributed by atoms with Gasteiger partial charge < -0.3 is 13.6 Å². The van der Waals surface area contributed by atoms with E-state index in [9.17, 15) is 4.79 Å². The molecule has 0 bridgehead atoms. The minimum absolute atomic E-state index is 0.0629. The van der Waals surface area contributed by atoms with Gasteiger partial charge in [-0.25, -0.2) is 4.79 Å². The van der Waals surface area contributed by atoms with Gasteiger partial charge in [0.1, 0.15) is 12.2 Å².